The number of rotatable bonds is 5. The van der Waals surface area contributed by atoms with Crippen molar-refractivity contribution in [3.63, 3.8) is 0 Å². The first-order valence-corrected chi connectivity index (χ1v) is 9.00. The van der Waals surface area contributed by atoms with Gasteiger partial charge in [-0.1, -0.05) is 15.9 Å². The molecule has 2 N–H and O–H groups in total. The van der Waals surface area contributed by atoms with E-state index in [2.05, 4.69) is 31.5 Å². The third-order valence-electron chi connectivity index (χ3n) is 3.60. The summed E-state index contributed by atoms with van der Waals surface area (Å²) < 4.78 is 7.67. The molecule has 138 valence electrons. The Kier molecular flexibility index (Phi) is 5.87. The van der Waals surface area contributed by atoms with Crippen molar-refractivity contribution in [2.24, 2.45) is 0 Å². The van der Waals surface area contributed by atoms with Gasteiger partial charge in [-0.3, -0.25) is 14.7 Å². The summed E-state index contributed by atoms with van der Waals surface area (Å²) in [5, 5.41) is 5.14. The molecular weight excluding hydrogens is 412 g/mol. The fraction of sp³-hybridized carbons (Fsp3) is 0.105. The minimum Gasteiger partial charge on any atom is -0.494 e. The molecule has 0 saturated heterocycles. The van der Waals surface area contributed by atoms with Crippen LogP contribution in [-0.2, 0) is 0 Å². The molecular formula is C19H17BrN4O3. The first-order chi connectivity index (χ1) is 13.1. The van der Waals surface area contributed by atoms with Crippen molar-refractivity contribution in [1.29, 1.82) is 0 Å². The monoisotopic (exact) mass is 428 g/mol. The second kappa shape index (κ2) is 8.50. The summed E-state index contributed by atoms with van der Waals surface area (Å²) in [6.45, 7) is 2.46. The zero-order chi connectivity index (χ0) is 19.2. The molecule has 0 bridgehead atoms. The van der Waals surface area contributed by atoms with E-state index in [4.69, 9.17) is 4.74 Å². The summed E-state index contributed by atoms with van der Waals surface area (Å²) in [4.78, 5) is 28.7. The Morgan fingerprint density at radius 2 is 1.81 bits per heavy atom. The number of carbonyl (C=O) groups excluding carboxylic acids is 1. The number of carbonyl (C=O) groups is 1. The number of hydrogen-bond acceptors (Lipinski definition) is 4. The molecule has 0 aliphatic heterocycles. The average molecular weight is 429 g/mol. The minimum atomic E-state index is -0.558. The summed E-state index contributed by atoms with van der Waals surface area (Å²) in [7, 11) is 0. The van der Waals surface area contributed by atoms with E-state index in [1.807, 2.05) is 19.1 Å². The number of nitrogens with zero attached hydrogens (tertiary/aromatic N) is 2. The number of nitrogens with one attached hydrogen (secondary N) is 2. The van der Waals surface area contributed by atoms with Gasteiger partial charge in [-0.05, 0) is 55.5 Å². The van der Waals surface area contributed by atoms with Gasteiger partial charge in [0, 0.05) is 28.2 Å². The molecule has 0 aliphatic rings. The van der Waals surface area contributed by atoms with Crippen LogP contribution in [0.25, 0.3) is 5.69 Å². The Morgan fingerprint density at radius 3 is 2.48 bits per heavy atom. The standard InChI is InChI=1S/C19H17BrN4O3/c1-2-27-16-9-5-14(6-10-16)22-19(26)23-17-18(25)24(12-11-21-17)15-7-3-13(20)4-8-15/h3-12H,2H2,1H3,(H2,21,22,23,26). The zero-order valence-corrected chi connectivity index (χ0v) is 16.1. The Bertz CT molecular complexity index is 985. The van der Waals surface area contributed by atoms with Crippen LogP contribution in [0.5, 0.6) is 5.75 Å². The molecule has 1 aromatic heterocycles. The number of benzene rings is 2. The lowest BCUT2D eigenvalue weighted by atomic mass is 10.3. The van der Waals surface area contributed by atoms with Gasteiger partial charge in [-0.25, -0.2) is 9.78 Å². The molecule has 7 nitrogen and oxygen atoms in total. The van der Waals surface area contributed by atoms with E-state index >= 15 is 0 Å². The summed E-state index contributed by atoms with van der Waals surface area (Å²) in [5.74, 6) is 0.648. The Morgan fingerprint density at radius 1 is 1.11 bits per heavy atom. The average Bonchev–Trinajstić information content (AvgIpc) is 2.66. The third kappa shape index (κ3) is 4.73. The zero-order valence-electron chi connectivity index (χ0n) is 14.5. The molecule has 0 fully saturated rings. The molecule has 0 atom stereocenters. The fourth-order valence-electron chi connectivity index (χ4n) is 2.37. The molecule has 27 heavy (non-hydrogen) atoms. The Hall–Kier alpha value is -3.13. The minimum absolute atomic E-state index is 0.0659. The van der Waals surface area contributed by atoms with E-state index in [0.717, 1.165) is 4.47 Å². The van der Waals surface area contributed by atoms with Crippen LogP contribution in [0, 0.1) is 0 Å². The van der Waals surface area contributed by atoms with E-state index in [9.17, 15) is 9.59 Å². The summed E-state index contributed by atoms with van der Waals surface area (Å²) in [5.41, 5.74) is 0.808. The predicted octanol–water partition coefficient (Wildman–Crippen LogP) is 4.04. The van der Waals surface area contributed by atoms with Gasteiger partial charge in [-0.15, -0.1) is 0 Å². The van der Waals surface area contributed by atoms with Crippen LogP contribution in [0.4, 0.5) is 16.3 Å². The SMILES string of the molecule is CCOc1ccc(NC(=O)Nc2nccn(-c3ccc(Br)cc3)c2=O)cc1. The molecule has 0 saturated carbocycles. The molecule has 2 amide bonds. The normalized spacial score (nSPS) is 10.3. The molecule has 1 heterocycles. The quantitative estimate of drug-likeness (QED) is 0.641. The molecule has 8 heteroatoms. The van der Waals surface area contributed by atoms with Crippen molar-refractivity contribution in [2.45, 2.75) is 6.92 Å². The smallest absolute Gasteiger partial charge is 0.325 e. The van der Waals surface area contributed by atoms with E-state index in [1.54, 1.807) is 42.6 Å². The molecule has 0 unspecified atom stereocenters. The van der Waals surface area contributed by atoms with E-state index in [0.29, 0.717) is 23.7 Å². The van der Waals surface area contributed by atoms with Crippen LogP contribution in [0.3, 0.4) is 0 Å². The Labute approximate surface area is 164 Å². The number of amides is 2. The lowest BCUT2D eigenvalue weighted by Crippen LogP contribution is -2.28. The molecule has 2 aromatic carbocycles. The van der Waals surface area contributed by atoms with Crippen molar-refractivity contribution in [3.05, 3.63) is 75.8 Å². The van der Waals surface area contributed by atoms with Gasteiger partial charge in [0.2, 0.25) is 5.82 Å². The van der Waals surface area contributed by atoms with Crippen molar-refractivity contribution in [1.82, 2.24) is 9.55 Å². The lowest BCUT2D eigenvalue weighted by Gasteiger charge is -2.10. The van der Waals surface area contributed by atoms with E-state index in [-0.39, 0.29) is 5.82 Å². The Balaban J connectivity index is 1.73. The first kappa shape index (κ1) is 18.7. The molecule has 3 rings (SSSR count). The van der Waals surface area contributed by atoms with Crippen molar-refractivity contribution in [3.8, 4) is 11.4 Å². The molecule has 0 aliphatic carbocycles. The van der Waals surface area contributed by atoms with Gasteiger partial charge in [-0.2, -0.15) is 0 Å². The van der Waals surface area contributed by atoms with Gasteiger partial charge in [0.15, 0.2) is 0 Å². The molecule has 0 radical (unpaired) electrons. The topological polar surface area (TPSA) is 85.2 Å². The highest BCUT2D eigenvalue weighted by molar-refractivity contribution is 9.10. The highest BCUT2D eigenvalue weighted by Gasteiger charge is 2.10. The maximum atomic E-state index is 12.6. The van der Waals surface area contributed by atoms with Gasteiger partial charge >= 0.3 is 6.03 Å². The summed E-state index contributed by atoms with van der Waals surface area (Å²) in [6.07, 6.45) is 3.00. The molecule has 3 aromatic rings. The lowest BCUT2D eigenvalue weighted by molar-refractivity contribution is 0.262. The van der Waals surface area contributed by atoms with Crippen LogP contribution in [0.15, 0.2) is 70.2 Å². The second-order valence-electron chi connectivity index (χ2n) is 5.46. The predicted molar refractivity (Wildman–Crippen MR) is 108 cm³/mol. The van der Waals surface area contributed by atoms with Crippen LogP contribution in [0.2, 0.25) is 0 Å². The second-order valence-corrected chi connectivity index (χ2v) is 6.38. The highest BCUT2D eigenvalue weighted by Crippen LogP contribution is 2.16. The molecule has 0 spiro atoms. The maximum absolute atomic E-state index is 12.6. The maximum Gasteiger partial charge on any atom is 0.325 e. The third-order valence-corrected chi connectivity index (χ3v) is 4.13. The number of ether oxygens (including phenoxy) is 1. The van der Waals surface area contributed by atoms with Crippen LogP contribution in [-0.4, -0.2) is 22.2 Å². The first-order valence-electron chi connectivity index (χ1n) is 8.21. The van der Waals surface area contributed by atoms with E-state index in [1.165, 1.54) is 10.8 Å². The van der Waals surface area contributed by atoms with Crippen LogP contribution < -0.4 is 20.9 Å². The number of aromatic nitrogens is 2. The van der Waals surface area contributed by atoms with Gasteiger partial charge in [0.25, 0.3) is 5.56 Å². The van der Waals surface area contributed by atoms with E-state index < -0.39 is 11.6 Å². The van der Waals surface area contributed by atoms with Crippen molar-refractivity contribution in [2.75, 3.05) is 17.2 Å². The van der Waals surface area contributed by atoms with Gasteiger partial charge in [0.1, 0.15) is 5.75 Å². The van der Waals surface area contributed by atoms with Crippen LogP contribution >= 0.6 is 15.9 Å². The fourth-order valence-corrected chi connectivity index (χ4v) is 2.64. The number of urea groups is 1. The van der Waals surface area contributed by atoms with Gasteiger partial charge in [0.05, 0.1) is 6.61 Å². The largest absolute Gasteiger partial charge is 0.494 e. The summed E-state index contributed by atoms with van der Waals surface area (Å²) in [6, 6.07) is 13.6. The number of anilines is 2. The highest BCUT2D eigenvalue weighted by atomic mass is 79.9. The van der Waals surface area contributed by atoms with Crippen molar-refractivity contribution >= 4 is 33.5 Å². The number of halogens is 1. The number of hydrogen-bond donors (Lipinski definition) is 2. The summed E-state index contributed by atoms with van der Waals surface area (Å²) >= 11 is 3.36. The van der Waals surface area contributed by atoms with Gasteiger partial charge < -0.3 is 10.1 Å². The van der Waals surface area contributed by atoms with Crippen LogP contribution in [0.1, 0.15) is 6.92 Å². The van der Waals surface area contributed by atoms with Crippen molar-refractivity contribution < 1.29 is 9.53 Å².